The minimum Gasteiger partial charge on any atom is -0.493 e. The van der Waals surface area contributed by atoms with Gasteiger partial charge in [-0.15, -0.1) is 0 Å². The van der Waals surface area contributed by atoms with Gasteiger partial charge in [0.2, 0.25) is 0 Å². The third-order valence-corrected chi connectivity index (χ3v) is 2.79. The van der Waals surface area contributed by atoms with Crippen LogP contribution in [0.3, 0.4) is 0 Å². The number of hydrogen-bond acceptors (Lipinski definition) is 3. The average molecular weight is 245 g/mol. The predicted molar refractivity (Wildman–Crippen MR) is 71.4 cm³/mol. The predicted octanol–water partition coefficient (Wildman–Crippen LogP) is 2.37. The van der Waals surface area contributed by atoms with E-state index < -0.39 is 0 Å². The van der Waals surface area contributed by atoms with Crippen LogP contribution in [0.25, 0.3) is 0 Å². The van der Waals surface area contributed by atoms with Gasteiger partial charge in [-0.2, -0.15) is 0 Å². The smallest absolute Gasteiger partial charge is 0.124 e. The van der Waals surface area contributed by atoms with Gasteiger partial charge in [0.15, 0.2) is 0 Å². The first-order valence-electron chi connectivity index (χ1n) is 6.20. The molecule has 0 radical (unpaired) electrons. The molecule has 0 amide bonds. The van der Waals surface area contributed by atoms with Crippen molar-refractivity contribution in [3.8, 4) is 5.75 Å². The number of ether oxygens (including phenoxy) is 1. The van der Waals surface area contributed by atoms with E-state index in [1.54, 1.807) is 6.20 Å². The number of hydrogen-bond donors (Lipinski definition) is 1. The molecule has 1 aromatic heterocycles. The highest BCUT2D eigenvalue weighted by Gasteiger charge is 2.06. The van der Waals surface area contributed by atoms with E-state index >= 15 is 0 Å². The van der Waals surface area contributed by atoms with E-state index in [4.69, 9.17) is 10.5 Å². The maximum absolute atomic E-state index is 5.90. The molecule has 0 spiro atoms. The number of imidazole rings is 1. The summed E-state index contributed by atoms with van der Waals surface area (Å²) < 4.78 is 7.83. The van der Waals surface area contributed by atoms with Gasteiger partial charge in [-0.25, -0.2) is 4.98 Å². The fourth-order valence-corrected chi connectivity index (χ4v) is 1.84. The Morgan fingerprint density at radius 1 is 1.39 bits per heavy atom. The van der Waals surface area contributed by atoms with Crippen LogP contribution in [0.4, 0.5) is 0 Å². The molecule has 2 rings (SSSR count). The number of aromatic nitrogens is 2. The topological polar surface area (TPSA) is 53.1 Å². The van der Waals surface area contributed by atoms with Crippen LogP contribution in [0.15, 0.2) is 43.0 Å². The van der Waals surface area contributed by atoms with Gasteiger partial charge in [-0.05, 0) is 19.4 Å². The van der Waals surface area contributed by atoms with Crippen LogP contribution in [-0.4, -0.2) is 16.2 Å². The zero-order valence-corrected chi connectivity index (χ0v) is 10.6. The molecule has 0 fully saturated rings. The van der Waals surface area contributed by atoms with Gasteiger partial charge >= 0.3 is 0 Å². The van der Waals surface area contributed by atoms with Gasteiger partial charge in [0.1, 0.15) is 5.75 Å². The molecule has 0 aliphatic rings. The maximum atomic E-state index is 5.90. The van der Waals surface area contributed by atoms with E-state index in [1.165, 1.54) is 0 Å². The quantitative estimate of drug-likeness (QED) is 0.795. The molecule has 0 bridgehead atoms. The lowest BCUT2D eigenvalue weighted by molar-refractivity contribution is 0.297. The summed E-state index contributed by atoms with van der Waals surface area (Å²) in [7, 11) is 0. The first kappa shape index (κ1) is 12.6. The molecule has 0 saturated heterocycles. The minimum atomic E-state index is -0.00477. The molecular formula is C14H19N3O. The maximum Gasteiger partial charge on any atom is 0.124 e. The normalized spacial score (nSPS) is 12.3. The van der Waals surface area contributed by atoms with Crippen LogP contribution in [0.5, 0.6) is 5.75 Å². The number of rotatable bonds is 6. The van der Waals surface area contributed by atoms with E-state index in [1.807, 2.05) is 48.3 Å². The molecule has 2 aromatic rings. The Kier molecular flexibility index (Phi) is 4.36. The summed E-state index contributed by atoms with van der Waals surface area (Å²) in [4.78, 5) is 4.00. The van der Waals surface area contributed by atoms with Crippen molar-refractivity contribution < 1.29 is 4.74 Å². The second-order valence-electron chi connectivity index (χ2n) is 4.33. The van der Waals surface area contributed by atoms with Crippen molar-refractivity contribution in [3.63, 3.8) is 0 Å². The van der Waals surface area contributed by atoms with Crippen molar-refractivity contribution in [3.05, 3.63) is 48.5 Å². The summed E-state index contributed by atoms with van der Waals surface area (Å²) in [6.45, 7) is 3.57. The summed E-state index contributed by atoms with van der Waals surface area (Å²) >= 11 is 0. The number of nitrogens with two attached hydrogens (primary N) is 1. The largest absolute Gasteiger partial charge is 0.493 e. The van der Waals surface area contributed by atoms with Gasteiger partial charge in [0.25, 0.3) is 0 Å². The monoisotopic (exact) mass is 245 g/mol. The standard InChI is InChI=1S/C14H19N3O/c1-12(15)13-5-2-3-6-14(13)18-10-4-8-17-9-7-16-11-17/h2-3,5-7,9,11-12H,4,8,10,15H2,1H3/t12-/m1/s1. The molecule has 4 heteroatoms. The molecule has 0 unspecified atom stereocenters. The highest BCUT2D eigenvalue weighted by atomic mass is 16.5. The Labute approximate surface area is 107 Å². The third kappa shape index (κ3) is 3.34. The Morgan fingerprint density at radius 3 is 2.94 bits per heavy atom. The fourth-order valence-electron chi connectivity index (χ4n) is 1.84. The van der Waals surface area contributed by atoms with Gasteiger partial charge in [-0.3, -0.25) is 0 Å². The van der Waals surface area contributed by atoms with Gasteiger partial charge in [-0.1, -0.05) is 18.2 Å². The van der Waals surface area contributed by atoms with Crippen LogP contribution in [0.1, 0.15) is 24.9 Å². The molecule has 96 valence electrons. The molecule has 1 atom stereocenters. The van der Waals surface area contributed by atoms with Crippen molar-refractivity contribution in [2.45, 2.75) is 25.9 Å². The van der Waals surface area contributed by atoms with Crippen molar-refractivity contribution in [2.75, 3.05) is 6.61 Å². The first-order valence-corrected chi connectivity index (χ1v) is 6.20. The fraction of sp³-hybridized carbons (Fsp3) is 0.357. The van der Waals surface area contributed by atoms with E-state index in [9.17, 15) is 0 Å². The summed E-state index contributed by atoms with van der Waals surface area (Å²) in [6, 6.07) is 7.93. The lowest BCUT2D eigenvalue weighted by Crippen LogP contribution is -2.09. The van der Waals surface area contributed by atoms with Crippen LogP contribution >= 0.6 is 0 Å². The minimum absolute atomic E-state index is 0.00477. The molecule has 18 heavy (non-hydrogen) atoms. The zero-order chi connectivity index (χ0) is 12.8. The van der Waals surface area contributed by atoms with E-state index in [2.05, 4.69) is 4.98 Å². The molecular weight excluding hydrogens is 226 g/mol. The Hall–Kier alpha value is -1.81. The summed E-state index contributed by atoms with van der Waals surface area (Å²) in [6.07, 6.45) is 6.50. The molecule has 1 aromatic carbocycles. The molecule has 4 nitrogen and oxygen atoms in total. The Morgan fingerprint density at radius 2 is 2.22 bits per heavy atom. The number of nitrogens with zero attached hydrogens (tertiary/aromatic N) is 2. The molecule has 0 saturated carbocycles. The average Bonchev–Trinajstić information content (AvgIpc) is 2.88. The molecule has 0 aliphatic carbocycles. The second kappa shape index (κ2) is 6.21. The van der Waals surface area contributed by atoms with E-state index in [0.29, 0.717) is 6.61 Å². The van der Waals surface area contributed by atoms with Crippen molar-refractivity contribution in [1.82, 2.24) is 9.55 Å². The summed E-state index contributed by atoms with van der Waals surface area (Å²) in [5.74, 6) is 0.887. The van der Waals surface area contributed by atoms with E-state index in [-0.39, 0.29) is 6.04 Å². The van der Waals surface area contributed by atoms with Crippen molar-refractivity contribution in [2.24, 2.45) is 5.73 Å². The van der Waals surface area contributed by atoms with Crippen molar-refractivity contribution in [1.29, 1.82) is 0 Å². The Bertz CT molecular complexity index is 466. The second-order valence-corrected chi connectivity index (χ2v) is 4.33. The third-order valence-electron chi connectivity index (χ3n) is 2.79. The van der Waals surface area contributed by atoms with Crippen molar-refractivity contribution >= 4 is 0 Å². The van der Waals surface area contributed by atoms with Gasteiger partial charge in [0, 0.05) is 30.5 Å². The first-order chi connectivity index (χ1) is 8.77. The Balaban J connectivity index is 1.83. The van der Waals surface area contributed by atoms with Crippen LogP contribution in [-0.2, 0) is 6.54 Å². The van der Waals surface area contributed by atoms with Gasteiger partial charge < -0.3 is 15.0 Å². The molecule has 2 N–H and O–H groups in total. The lowest BCUT2D eigenvalue weighted by Gasteiger charge is -2.13. The summed E-state index contributed by atoms with van der Waals surface area (Å²) in [5.41, 5.74) is 6.96. The molecule has 0 aliphatic heterocycles. The molecule has 1 heterocycles. The number of para-hydroxylation sites is 1. The van der Waals surface area contributed by atoms with Crippen LogP contribution < -0.4 is 10.5 Å². The number of aryl methyl sites for hydroxylation is 1. The zero-order valence-electron chi connectivity index (χ0n) is 10.6. The highest BCUT2D eigenvalue weighted by molar-refractivity contribution is 5.35. The van der Waals surface area contributed by atoms with E-state index in [0.717, 1.165) is 24.3 Å². The lowest BCUT2D eigenvalue weighted by atomic mass is 10.1. The van der Waals surface area contributed by atoms with Crippen LogP contribution in [0.2, 0.25) is 0 Å². The van der Waals surface area contributed by atoms with Gasteiger partial charge in [0.05, 0.1) is 12.9 Å². The van der Waals surface area contributed by atoms with Crippen LogP contribution in [0, 0.1) is 0 Å². The number of benzene rings is 1. The summed E-state index contributed by atoms with van der Waals surface area (Å²) in [5, 5.41) is 0. The SMILES string of the molecule is C[C@@H](N)c1ccccc1OCCCn1ccnc1. The highest BCUT2D eigenvalue weighted by Crippen LogP contribution is 2.23.